The van der Waals surface area contributed by atoms with Gasteiger partial charge in [0.15, 0.2) is 0 Å². The van der Waals surface area contributed by atoms with Crippen LogP contribution in [0.4, 0.5) is 23.7 Å². The van der Waals surface area contributed by atoms with Crippen LogP contribution in [0.15, 0.2) is 35.9 Å². The Kier molecular flexibility index (Phi) is 16.7. The number of nitrogens with zero attached hydrogens (tertiary/aromatic N) is 2. The van der Waals surface area contributed by atoms with Gasteiger partial charge in [0, 0.05) is 50.3 Å². The smallest absolute Gasteiger partial charge is 0.409 e. The third-order valence-corrected chi connectivity index (χ3v) is 14.7. The maximum atomic E-state index is 14.5. The van der Waals surface area contributed by atoms with Gasteiger partial charge in [-0.3, -0.25) is 24.6 Å². The first kappa shape index (κ1) is 48.7. The van der Waals surface area contributed by atoms with Crippen molar-refractivity contribution in [3.8, 4) is 0 Å². The number of carbonyl (C=O) groups is 4. The number of alkyl halides is 3. The Labute approximate surface area is 358 Å². The molecule has 3 N–H and O–H groups in total. The zero-order valence-corrected chi connectivity index (χ0v) is 37.5. The number of alkyl carbamates (subject to hydrolysis) is 1. The quantitative estimate of drug-likeness (QED) is 0.0852. The average Bonchev–Trinajstić information content (AvgIpc) is 3.86. The number of aryl methyl sites for hydroxylation is 1. The maximum Gasteiger partial charge on any atom is 0.409 e. The molecule has 4 bridgehead atoms. The van der Waals surface area contributed by atoms with Crippen LogP contribution in [0.5, 0.6) is 0 Å². The van der Waals surface area contributed by atoms with E-state index < -0.39 is 84.1 Å². The molecular formula is C41H58ClF3N4O8S2. The molecule has 0 radical (unpaired) electrons. The maximum absolute atomic E-state index is 14.5. The molecule has 330 valence electrons. The van der Waals surface area contributed by atoms with E-state index in [-0.39, 0.29) is 24.5 Å². The number of esters is 1. The summed E-state index contributed by atoms with van der Waals surface area (Å²) in [5.74, 6) is -1.96. The highest BCUT2D eigenvalue weighted by Gasteiger charge is 2.64. The van der Waals surface area contributed by atoms with Gasteiger partial charge >= 0.3 is 18.2 Å². The molecule has 0 aromatic heterocycles. The molecule has 3 amide bonds. The van der Waals surface area contributed by atoms with Crippen LogP contribution in [-0.4, -0.2) is 114 Å². The highest BCUT2D eigenvalue weighted by Crippen LogP contribution is 2.49. The predicted molar refractivity (Wildman–Crippen MR) is 225 cm³/mol. The topological polar surface area (TPSA) is 150 Å². The molecule has 3 aliphatic heterocycles. The Balaban J connectivity index is 1.62. The number of nitrogens with one attached hydrogen (secondary N) is 2. The fourth-order valence-electron chi connectivity index (χ4n) is 7.51. The van der Waals surface area contributed by atoms with E-state index in [0.29, 0.717) is 35.7 Å². The summed E-state index contributed by atoms with van der Waals surface area (Å²) in [6.07, 6.45) is -2.15. The number of halogens is 4. The SMILES string of the molecule is CNC(=O)CCCSSCCC(N(C)[C@@H](C)C(=O)OC1CC(=O)N(C)c2cc(cc(C)c2Cl)C/C(C)=C/C=C/[C@@H](C)[C@@]2(O)C[C@H](OC(=O)N2)[C@@H](C)[C@@H]2O[C@@]12C)C(F)(F)F. The van der Waals surface area contributed by atoms with Crippen LogP contribution in [0, 0.1) is 18.8 Å². The fraction of sp³-hybridized carbons (Fsp3) is 0.659. The Morgan fingerprint density at radius 3 is 2.54 bits per heavy atom. The Hall–Kier alpha value is -2.96. The van der Waals surface area contributed by atoms with Crippen LogP contribution in [0.3, 0.4) is 0 Å². The lowest BCUT2D eigenvalue weighted by molar-refractivity contribution is -0.191. The molecule has 12 nitrogen and oxygen atoms in total. The molecule has 9 atom stereocenters. The number of fused-ring (bicyclic) bond motifs is 5. The van der Waals surface area contributed by atoms with E-state index in [1.54, 1.807) is 47.0 Å². The van der Waals surface area contributed by atoms with Crippen LogP contribution in [0.25, 0.3) is 0 Å². The molecular weight excluding hydrogens is 833 g/mol. The van der Waals surface area contributed by atoms with E-state index in [4.69, 9.17) is 25.8 Å². The first-order valence-electron chi connectivity index (χ1n) is 19.7. The lowest BCUT2D eigenvalue weighted by Gasteiger charge is -2.41. The highest BCUT2D eigenvalue weighted by molar-refractivity contribution is 8.76. The van der Waals surface area contributed by atoms with E-state index in [9.17, 15) is 37.5 Å². The minimum absolute atomic E-state index is 0.00670. The van der Waals surface area contributed by atoms with Crippen LogP contribution in [0.1, 0.15) is 77.8 Å². The van der Waals surface area contributed by atoms with Gasteiger partial charge in [0.2, 0.25) is 11.8 Å². The van der Waals surface area contributed by atoms with Crippen molar-refractivity contribution < 1.29 is 51.7 Å². The Bertz CT molecular complexity index is 1770. The number of anilines is 1. The van der Waals surface area contributed by atoms with Gasteiger partial charge in [0.1, 0.15) is 35.6 Å². The van der Waals surface area contributed by atoms with Gasteiger partial charge in [-0.25, -0.2) is 4.79 Å². The molecule has 0 spiro atoms. The lowest BCUT2D eigenvalue weighted by Crippen LogP contribution is -2.60. The van der Waals surface area contributed by atoms with Crippen LogP contribution in [-0.2, 0) is 35.0 Å². The van der Waals surface area contributed by atoms with Gasteiger partial charge in [-0.15, -0.1) is 0 Å². The van der Waals surface area contributed by atoms with Gasteiger partial charge in [0.05, 0.1) is 23.2 Å². The molecule has 18 heteroatoms. The van der Waals surface area contributed by atoms with Crippen molar-refractivity contribution in [1.29, 1.82) is 0 Å². The normalized spacial score (nSPS) is 30.3. The van der Waals surface area contributed by atoms with Gasteiger partial charge in [0.25, 0.3) is 0 Å². The zero-order chi connectivity index (χ0) is 44.0. The summed E-state index contributed by atoms with van der Waals surface area (Å²) >= 11 is 6.76. The van der Waals surface area contributed by atoms with Gasteiger partial charge in [-0.1, -0.05) is 76.9 Å². The van der Waals surface area contributed by atoms with Crippen molar-refractivity contribution in [1.82, 2.24) is 15.5 Å². The summed E-state index contributed by atoms with van der Waals surface area (Å²) < 4.78 is 61.3. The number of rotatable bonds is 12. The standard InChI is InChI=1S/C41H58ClF3N4O8S2/c1-23-12-10-13-25(3)40(54)22-30(55-38(53)47-40)26(4)36-39(6,57-36)32(21-34(51)49(9)29-20-28(18-23)19-24(2)35(29)42)56-37(52)27(5)48(8)31(41(43,44)45)15-17-59-58-16-11-14-33(50)46-7/h10,12-13,19-20,25-27,30-32,36,54H,11,14-18,21-22H2,1-9H3,(H,46,50)(H,47,53)/b13-10+,23-12+/t25-,26-,27+,30+,31?,32?,36+,39+,40+/m1/s1. The monoisotopic (exact) mass is 890 g/mol. The highest BCUT2D eigenvalue weighted by atomic mass is 35.5. The summed E-state index contributed by atoms with van der Waals surface area (Å²) in [6, 6.07) is 0.371. The van der Waals surface area contributed by atoms with Crippen molar-refractivity contribution in [3.05, 3.63) is 52.1 Å². The third kappa shape index (κ3) is 12.3. The number of likely N-dealkylation sites (N-methyl/N-ethyl adjacent to an activating group) is 1. The van der Waals surface area contributed by atoms with Crippen LogP contribution in [0.2, 0.25) is 5.02 Å². The van der Waals surface area contributed by atoms with Crippen LogP contribution >= 0.6 is 33.2 Å². The molecule has 4 rings (SSSR count). The Morgan fingerprint density at radius 2 is 1.88 bits per heavy atom. The molecule has 3 heterocycles. The number of aliphatic hydroxyl groups is 1. The first-order chi connectivity index (χ1) is 27.5. The number of amides is 3. The largest absolute Gasteiger partial charge is 0.457 e. The van der Waals surface area contributed by atoms with Crippen molar-refractivity contribution in [2.45, 2.75) is 128 Å². The van der Waals surface area contributed by atoms with Crippen molar-refractivity contribution in [3.63, 3.8) is 0 Å². The predicted octanol–water partition coefficient (Wildman–Crippen LogP) is 7.14. The summed E-state index contributed by atoms with van der Waals surface area (Å²) in [4.78, 5) is 54.7. The minimum Gasteiger partial charge on any atom is -0.457 e. The lowest BCUT2D eigenvalue weighted by atomic mass is 9.82. The summed E-state index contributed by atoms with van der Waals surface area (Å²) in [5.41, 5.74) is -0.000913. The zero-order valence-electron chi connectivity index (χ0n) is 35.1. The second kappa shape index (κ2) is 20.3. The summed E-state index contributed by atoms with van der Waals surface area (Å²) in [7, 11) is 6.96. The number of allylic oxidation sites excluding steroid dienone is 3. The fourth-order valence-corrected chi connectivity index (χ4v) is 9.92. The number of epoxide rings is 1. The van der Waals surface area contributed by atoms with E-state index in [0.717, 1.165) is 21.6 Å². The number of hydrogen-bond donors (Lipinski definition) is 3. The van der Waals surface area contributed by atoms with E-state index >= 15 is 0 Å². The van der Waals surface area contributed by atoms with E-state index in [1.807, 2.05) is 32.1 Å². The van der Waals surface area contributed by atoms with Crippen molar-refractivity contribution >= 4 is 62.8 Å². The molecule has 0 saturated carbocycles. The molecule has 2 unspecified atom stereocenters. The van der Waals surface area contributed by atoms with Gasteiger partial charge in [-0.2, -0.15) is 13.2 Å². The molecule has 2 fully saturated rings. The first-order valence-corrected chi connectivity index (χ1v) is 22.6. The number of benzene rings is 1. The molecule has 1 aromatic rings. The molecule has 3 aliphatic rings. The molecule has 0 aliphatic carbocycles. The third-order valence-electron chi connectivity index (χ3n) is 11.6. The van der Waals surface area contributed by atoms with E-state index in [2.05, 4.69) is 10.6 Å². The number of hydrogen-bond acceptors (Lipinski definition) is 11. The average molecular weight is 892 g/mol. The van der Waals surface area contributed by atoms with E-state index in [1.165, 1.54) is 40.5 Å². The Morgan fingerprint density at radius 1 is 1.20 bits per heavy atom. The summed E-state index contributed by atoms with van der Waals surface area (Å²) in [6.45, 7) is 10.3. The van der Waals surface area contributed by atoms with Crippen LogP contribution < -0.4 is 15.5 Å². The summed E-state index contributed by atoms with van der Waals surface area (Å²) in [5, 5.41) is 17.1. The van der Waals surface area contributed by atoms with Crippen molar-refractivity contribution in [2.24, 2.45) is 11.8 Å². The number of carbonyl (C=O) groups excluding carboxylic acids is 4. The van der Waals surface area contributed by atoms with Crippen molar-refractivity contribution in [2.75, 3.05) is 37.5 Å². The second-order valence-corrected chi connectivity index (χ2v) is 19.2. The number of ether oxygens (including phenoxy) is 3. The molecule has 1 aromatic carbocycles. The molecule has 59 heavy (non-hydrogen) atoms. The van der Waals surface area contributed by atoms with Gasteiger partial charge in [-0.05, 0) is 71.2 Å². The second-order valence-electron chi connectivity index (χ2n) is 16.1. The van der Waals surface area contributed by atoms with Gasteiger partial charge < -0.3 is 29.5 Å². The minimum atomic E-state index is -4.67. The molecule has 2 saturated heterocycles.